The number of halogens is 1. The summed E-state index contributed by atoms with van der Waals surface area (Å²) < 4.78 is 0. The van der Waals surface area contributed by atoms with E-state index in [1.165, 1.54) is 17.7 Å². The zero-order valence-corrected chi connectivity index (χ0v) is 10.7. The smallest absolute Gasteiger partial charge is 0.0446 e. The van der Waals surface area contributed by atoms with E-state index in [1.54, 1.807) is 0 Å². The third kappa shape index (κ3) is 5.45. The van der Waals surface area contributed by atoms with Crippen LogP contribution in [0.15, 0.2) is 24.3 Å². The van der Waals surface area contributed by atoms with E-state index in [2.05, 4.69) is 18.3 Å². The highest BCUT2D eigenvalue weighted by atomic mass is 35.5. The third-order valence-electron chi connectivity index (χ3n) is 2.11. The summed E-state index contributed by atoms with van der Waals surface area (Å²) in [7, 11) is 0. The zero-order chi connectivity index (χ0) is 10.9. The van der Waals surface area contributed by atoms with E-state index in [0.717, 1.165) is 23.9 Å². The summed E-state index contributed by atoms with van der Waals surface area (Å²) in [5.41, 5.74) is 1.24. The van der Waals surface area contributed by atoms with Gasteiger partial charge in [-0.1, -0.05) is 36.7 Å². The van der Waals surface area contributed by atoms with E-state index in [9.17, 15) is 0 Å². The molecule has 0 radical (unpaired) electrons. The summed E-state index contributed by atoms with van der Waals surface area (Å²) in [5, 5.41) is 4.20. The van der Waals surface area contributed by atoms with Crippen LogP contribution in [0.5, 0.6) is 0 Å². The van der Waals surface area contributed by atoms with Crippen molar-refractivity contribution in [2.75, 3.05) is 18.8 Å². The molecule has 0 unspecified atom stereocenters. The summed E-state index contributed by atoms with van der Waals surface area (Å²) in [6, 6.07) is 8.07. The molecule has 0 bridgehead atoms. The number of hydrogen-bond donors (Lipinski definition) is 1. The number of thioether (sulfide) groups is 1. The minimum Gasteiger partial charge on any atom is -0.317 e. The normalized spacial score (nSPS) is 10.5. The Morgan fingerprint density at radius 3 is 2.87 bits per heavy atom. The van der Waals surface area contributed by atoms with Crippen molar-refractivity contribution in [3.63, 3.8) is 0 Å². The number of nitrogens with one attached hydrogen (secondary N) is 1. The lowest BCUT2D eigenvalue weighted by Crippen LogP contribution is -2.14. The highest BCUT2D eigenvalue weighted by molar-refractivity contribution is 7.98. The first-order valence-electron chi connectivity index (χ1n) is 5.36. The second kappa shape index (κ2) is 8.03. The molecule has 0 fully saturated rings. The Morgan fingerprint density at radius 1 is 1.33 bits per heavy atom. The van der Waals surface area contributed by atoms with Crippen molar-refractivity contribution >= 4 is 23.4 Å². The Labute approximate surface area is 102 Å². The lowest BCUT2D eigenvalue weighted by Gasteiger charge is -2.04. The summed E-state index contributed by atoms with van der Waals surface area (Å²) in [6.07, 6.45) is 1.23. The molecule has 0 saturated heterocycles. The van der Waals surface area contributed by atoms with Crippen LogP contribution in [0.2, 0.25) is 5.02 Å². The third-order valence-corrected chi connectivity index (χ3v) is 3.57. The van der Waals surface area contributed by atoms with Gasteiger partial charge in [0.2, 0.25) is 0 Å². The van der Waals surface area contributed by atoms with Gasteiger partial charge >= 0.3 is 0 Å². The van der Waals surface area contributed by atoms with E-state index < -0.39 is 0 Å². The molecule has 0 saturated carbocycles. The number of benzene rings is 1. The molecule has 0 heterocycles. The van der Waals surface area contributed by atoms with E-state index >= 15 is 0 Å². The van der Waals surface area contributed by atoms with Crippen LogP contribution in [0.1, 0.15) is 18.9 Å². The summed E-state index contributed by atoms with van der Waals surface area (Å²) in [4.78, 5) is 0. The first-order valence-corrected chi connectivity index (χ1v) is 6.89. The Morgan fingerprint density at radius 2 is 2.13 bits per heavy atom. The predicted octanol–water partition coefficient (Wildman–Crippen LogP) is 3.57. The standard InChI is InChI=1S/C12H18ClNS/c1-2-14-8-5-9-15-10-11-6-3-4-7-12(11)13/h3-4,6-7,14H,2,5,8-10H2,1H3. The molecule has 84 valence electrons. The minimum absolute atomic E-state index is 0.886. The number of rotatable bonds is 7. The van der Waals surface area contributed by atoms with Gasteiger partial charge in [-0.05, 0) is 36.9 Å². The molecule has 0 aliphatic carbocycles. The molecule has 0 aliphatic rings. The van der Waals surface area contributed by atoms with Gasteiger partial charge in [0.1, 0.15) is 0 Å². The van der Waals surface area contributed by atoms with Crippen molar-refractivity contribution in [1.82, 2.24) is 5.32 Å². The quantitative estimate of drug-likeness (QED) is 0.735. The molecule has 15 heavy (non-hydrogen) atoms. The SMILES string of the molecule is CCNCCCSCc1ccccc1Cl. The van der Waals surface area contributed by atoms with E-state index in [4.69, 9.17) is 11.6 Å². The van der Waals surface area contributed by atoms with Crippen LogP contribution in [0.25, 0.3) is 0 Å². The average molecular weight is 244 g/mol. The van der Waals surface area contributed by atoms with Crippen molar-refractivity contribution in [3.8, 4) is 0 Å². The largest absolute Gasteiger partial charge is 0.317 e. The molecule has 0 aromatic heterocycles. The first kappa shape index (κ1) is 12.9. The topological polar surface area (TPSA) is 12.0 Å². The van der Waals surface area contributed by atoms with Gasteiger partial charge in [-0.2, -0.15) is 11.8 Å². The maximum absolute atomic E-state index is 6.06. The van der Waals surface area contributed by atoms with Gasteiger partial charge in [-0.15, -0.1) is 0 Å². The predicted molar refractivity (Wildman–Crippen MR) is 70.8 cm³/mol. The first-order chi connectivity index (χ1) is 7.34. The molecular weight excluding hydrogens is 226 g/mol. The van der Waals surface area contributed by atoms with Crippen molar-refractivity contribution in [2.24, 2.45) is 0 Å². The van der Waals surface area contributed by atoms with E-state index in [1.807, 2.05) is 30.0 Å². The minimum atomic E-state index is 0.886. The molecule has 1 aromatic carbocycles. The summed E-state index contributed by atoms with van der Waals surface area (Å²) >= 11 is 8.01. The Kier molecular flexibility index (Phi) is 6.90. The van der Waals surface area contributed by atoms with Crippen LogP contribution in [0.4, 0.5) is 0 Å². The van der Waals surface area contributed by atoms with Gasteiger partial charge in [-0.3, -0.25) is 0 Å². The number of hydrogen-bond acceptors (Lipinski definition) is 2. The molecule has 1 N–H and O–H groups in total. The lowest BCUT2D eigenvalue weighted by molar-refractivity contribution is 0.707. The van der Waals surface area contributed by atoms with Gasteiger partial charge in [0.25, 0.3) is 0 Å². The zero-order valence-electron chi connectivity index (χ0n) is 9.13. The molecular formula is C12H18ClNS. The fraction of sp³-hybridized carbons (Fsp3) is 0.500. The van der Waals surface area contributed by atoms with Crippen LogP contribution in [0, 0.1) is 0 Å². The molecule has 0 atom stereocenters. The fourth-order valence-corrected chi connectivity index (χ4v) is 2.52. The van der Waals surface area contributed by atoms with Gasteiger partial charge in [0, 0.05) is 10.8 Å². The van der Waals surface area contributed by atoms with Crippen LogP contribution in [0.3, 0.4) is 0 Å². The maximum atomic E-state index is 6.06. The average Bonchev–Trinajstić information content (AvgIpc) is 2.25. The van der Waals surface area contributed by atoms with Gasteiger partial charge in [0.15, 0.2) is 0 Å². The van der Waals surface area contributed by atoms with Crippen molar-refractivity contribution < 1.29 is 0 Å². The monoisotopic (exact) mass is 243 g/mol. The molecule has 1 aromatic rings. The van der Waals surface area contributed by atoms with Crippen molar-refractivity contribution in [2.45, 2.75) is 19.1 Å². The van der Waals surface area contributed by atoms with Crippen LogP contribution in [-0.2, 0) is 5.75 Å². The second-order valence-electron chi connectivity index (χ2n) is 3.35. The molecule has 0 amide bonds. The molecule has 0 aliphatic heterocycles. The van der Waals surface area contributed by atoms with Crippen molar-refractivity contribution in [3.05, 3.63) is 34.9 Å². The summed E-state index contributed by atoms with van der Waals surface area (Å²) in [6.45, 7) is 4.32. The van der Waals surface area contributed by atoms with Crippen molar-refractivity contribution in [1.29, 1.82) is 0 Å². The highest BCUT2D eigenvalue weighted by Crippen LogP contribution is 2.20. The van der Waals surface area contributed by atoms with Gasteiger partial charge < -0.3 is 5.32 Å². The van der Waals surface area contributed by atoms with Crippen LogP contribution < -0.4 is 5.32 Å². The fourth-order valence-electron chi connectivity index (χ4n) is 1.27. The highest BCUT2D eigenvalue weighted by Gasteiger charge is 1.98. The van der Waals surface area contributed by atoms with Gasteiger partial charge in [-0.25, -0.2) is 0 Å². The Hall–Kier alpha value is -0.180. The molecule has 1 rings (SSSR count). The Balaban J connectivity index is 2.12. The van der Waals surface area contributed by atoms with Crippen LogP contribution >= 0.6 is 23.4 Å². The van der Waals surface area contributed by atoms with Gasteiger partial charge in [0.05, 0.1) is 0 Å². The van der Waals surface area contributed by atoms with E-state index in [0.29, 0.717) is 0 Å². The Bertz CT molecular complexity index is 278. The molecule has 3 heteroatoms. The summed E-state index contributed by atoms with van der Waals surface area (Å²) in [5.74, 6) is 2.21. The second-order valence-corrected chi connectivity index (χ2v) is 4.86. The molecule has 1 nitrogen and oxygen atoms in total. The van der Waals surface area contributed by atoms with Crippen LogP contribution in [-0.4, -0.2) is 18.8 Å². The van der Waals surface area contributed by atoms with E-state index in [-0.39, 0.29) is 0 Å². The maximum Gasteiger partial charge on any atom is 0.0446 e. The lowest BCUT2D eigenvalue weighted by atomic mass is 10.2. The molecule has 0 spiro atoms.